The smallest absolute Gasteiger partial charge is 0.261 e. The van der Waals surface area contributed by atoms with Gasteiger partial charge < -0.3 is 4.90 Å². The first-order chi connectivity index (χ1) is 9.77. The van der Waals surface area contributed by atoms with Crippen LogP contribution in [0.2, 0.25) is 5.02 Å². The van der Waals surface area contributed by atoms with E-state index in [0.29, 0.717) is 10.4 Å². The summed E-state index contributed by atoms with van der Waals surface area (Å²) in [7, 11) is 1.45. The predicted molar refractivity (Wildman–Crippen MR) is 84.4 cm³/mol. The van der Waals surface area contributed by atoms with Gasteiger partial charge in [-0.05, 0) is 53.2 Å². The summed E-state index contributed by atoms with van der Waals surface area (Å²) in [6.07, 6.45) is 3.18. The molecule has 21 heavy (non-hydrogen) atoms. The molecule has 1 amide bonds. The fourth-order valence-corrected chi connectivity index (χ4v) is 4.77. The molecule has 4 nitrogen and oxygen atoms in total. The van der Waals surface area contributed by atoms with Crippen LogP contribution in [0.5, 0.6) is 0 Å². The van der Waals surface area contributed by atoms with Gasteiger partial charge in [0.25, 0.3) is 15.0 Å². The average molecular weight is 413 g/mol. The van der Waals surface area contributed by atoms with E-state index in [4.69, 9.17) is 22.3 Å². The molecule has 1 aromatic rings. The highest BCUT2D eigenvalue weighted by Crippen LogP contribution is 2.40. The molecule has 8 heteroatoms. The van der Waals surface area contributed by atoms with Crippen molar-refractivity contribution in [1.82, 2.24) is 4.90 Å². The van der Waals surface area contributed by atoms with Crippen LogP contribution in [0.3, 0.4) is 0 Å². The van der Waals surface area contributed by atoms with Crippen molar-refractivity contribution in [3.8, 4) is 0 Å². The third-order valence-corrected chi connectivity index (χ3v) is 6.78. The zero-order chi connectivity index (χ0) is 15.4. The first kappa shape index (κ1) is 15.6. The number of hydrogen-bond donors (Lipinski definition) is 0. The lowest BCUT2D eigenvalue weighted by Gasteiger charge is -2.27. The van der Waals surface area contributed by atoms with Gasteiger partial charge in [0.15, 0.2) is 0 Å². The van der Waals surface area contributed by atoms with E-state index in [-0.39, 0.29) is 27.4 Å². The number of carbonyl (C=O) groups is 1. The van der Waals surface area contributed by atoms with Gasteiger partial charge in [-0.15, -0.1) is 0 Å². The number of likely N-dealkylation sites (tertiary alicyclic amines) is 1. The lowest BCUT2D eigenvalue weighted by molar-refractivity contribution is 0.0703. The summed E-state index contributed by atoms with van der Waals surface area (Å²) in [5.74, 6) is 0.330. The van der Waals surface area contributed by atoms with Crippen molar-refractivity contribution in [1.29, 1.82) is 0 Å². The Morgan fingerprint density at radius 2 is 2.05 bits per heavy atom. The van der Waals surface area contributed by atoms with Gasteiger partial charge >= 0.3 is 0 Å². The summed E-state index contributed by atoms with van der Waals surface area (Å²) in [5, 5.41) is 0.215. The van der Waals surface area contributed by atoms with Crippen LogP contribution in [0.15, 0.2) is 21.5 Å². The maximum absolute atomic E-state index is 12.7. The standard InChI is InChI=1S/C13H12BrCl2NO3S/c14-11-5-9(21(16,19)20)4-10(12(11)15)13(18)17-6-7-1-2-8(17)3-7/h4-5,7-8H,1-3,6H2. The number of nitrogens with zero attached hydrogens (tertiary/aromatic N) is 1. The van der Waals surface area contributed by atoms with E-state index in [1.807, 2.05) is 0 Å². The molecule has 1 aromatic carbocycles. The van der Waals surface area contributed by atoms with Crippen molar-refractivity contribution in [3.05, 3.63) is 27.2 Å². The number of benzene rings is 1. The minimum absolute atomic E-state index is 0.131. The van der Waals surface area contributed by atoms with Crippen LogP contribution in [0.25, 0.3) is 0 Å². The summed E-state index contributed by atoms with van der Waals surface area (Å²) >= 11 is 9.34. The molecule has 2 bridgehead atoms. The molecule has 0 radical (unpaired) electrons. The SMILES string of the molecule is O=C(c1cc(S(=O)(=O)Cl)cc(Br)c1Cl)N1CC2CCC1C2. The van der Waals surface area contributed by atoms with Crippen LogP contribution in [0, 0.1) is 5.92 Å². The minimum atomic E-state index is -3.92. The van der Waals surface area contributed by atoms with Crippen molar-refractivity contribution in [2.45, 2.75) is 30.2 Å². The molecule has 0 N–H and O–H groups in total. The Hall–Kier alpha value is -0.300. The Bertz CT molecular complexity index is 722. The number of fused-ring (bicyclic) bond motifs is 2. The first-order valence-corrected chi connectivity index (χ1v) is 10.00. The molecule has 114 valence electrons. The van der Waals surface area contributed by atoms with Gasteiger partial charge in [0.2, 0.25) is 0 Å². The molecule has 2 aliphatic rings. The number of amides is 1. The van der Waals surface area contributed by atoms with Gasteiger partial charge in [0, 0.05) is 27.7 Å². The zero-order valence-corrected chi connectivity index (χ0v) is 14.8. The Morgan fingerprint density at radius 3 is 2.57 bits per heavy atom. The first-order valence-electron chi connectivity index (χ1n) is 6.52. The van der Waals surface area contributed by atoms with Crippen LogP contribution >= 0.6 is 38.2 Å². The van der Waals surface area contributed by atoms with Gasteiger partial charge in [0.05, 0.1) is 15.5 Å². The van der Waals surface area contributed by atoms with Crippen molar-refractivity contribution in [3.63, 3.8) is 0 Å². The van der Waals surface area contributed by atoms with E-state index in [2.05, 4.69) is 15.9 Å². The van der Waals surface area contributed by atoms with Crippen molar-refractivity contribution < 1.29 is 13.2 Å². The Morgan fingerprint density at radius 1 is 1.33 bits per heavy atom. The number of piperidine rings is 1. The molecule has 2 unspecified atom stereocenters. The molecular formula is C13H12BrCl2NO3S. The van der Waals surface area contributed by atoms with Gasteiger partial charge in [-0.3, -0.25) is 4.79 Å². The lowest BCUT2D eigenvalue weighted by Crippen LogP contribution is -2.37. The van der Waals surface area contributed by atoms with E-state index < -0.39 is 9.05 Å². The highest BCUT2D eigenvalue weighted by atomic mass is 79.9. The molecular weight excluding hydrogens is 401 g/mol. The third kappa shape index (κ3) is 2.83. The summed E-state index contributed by atoms with van der Waals surface area (Å²) in [6, 6.07) is 2.80. The Balaban J connectivity index is 2.01. The lowest BCUT2D eigenvalue weighted by atomic mass is 10.1. The van der Waals surface area contributed by atoms with Crippen LogP contribution in [-0.4, -0.2) is 31.8 Å². The molecule has 1 aliphatic heterocycles. The molecule has 3 rings (SSSR count). The van der Waals surface area contributed by atoms with Crippen LogP contribution in [0.4, 0.5) is 0 Å². The number of halogens is 3. The van der Waals surface area contributed by atoms with Crippen molar-refractivity contribution in [2.24, 2.45) is 5.92 Å². The Kier molecular flexibility index (Phi) is 4.01. The van der Waals surface area contributed by atoms with Crippen LogP contribution in [0.1, 0.15) is 29.6 Å². The molecule has 1 heterocycles. The van der Waals surface area contributed by atoms with Crippen LogP contribution < -0.4 is 0 Å². The van der Waals surface area contributed by atoms with Gasteiger partial charge in [-0.1, -0.05) is 11.6 Å². The van der Waals surface area contributed by atoms with E-state index in [0.717, 1.165) is 25.8 Å². The largest absolute Gasteiger partial charge is 0.335 e. The molecule has 1 saturated carbocycles. The average Bonchev–Trinajstić information content (AvgIpc) is 3.02. The van der Waals surface area contributed by atoms with Crippen molar-refractivity contribution >= 4 is 53.2 Å². The van der Waals surface area contributed by atoms with Crippen LogP contribution in [-0.2, 0) is 9.05 Å². The van der Waals surface area contributed by atoms with E-state index in [9.17, 15) is 13.2 Å². The summed E-state index contributed by atoms with van der Waals surface area (Å²) < 4.78 is 23.3. The highest BCUT2D eigenvalue weighted by molar-refractivity contribution is 9.10. The molecule has 0 spiro atoms. The second-order valence-corrected chi connectivity index (χ2v) is 9.29. The Labute approximate surface area is 140 Å². The fourth-order valence-electron chi connectivity index (χ4n) is 3.19. The molecule has 1 saturated heterocycles. The summed E-state index contributed by atoms with van der Waals surface area (Å²) in [5.41, 5.74) is 0.179. The highest BCUT2D eigenvalue weighted by Gasteiger charge is 2.41. The maximum atomic E-state index is 12.7. The van der Waals surface area contributed by atoms with E-state index >= 15 is 0 Å². The zero-order valence-electron chi connectivity index (χ0n) is 10.9. The van der Waals surface area contributed by atoms with Gasteiger partial charge in [0.1, 0.15) is 0 Å². The van der Waals surface area contributed by atoms with E-state index in [1.54, 1.807) is 4.90 Å². The fraction of sp³-hybridized carbons (Fsp3) is 0.462. The molecule has 2 atom stereocenters. The quantitative estimate of drug-likeness (QED) is 0.696. The minimum Gasteiger partial charge on any atom is -0.335 e. The molecule has 2 fully saturated rings. The van der Waals surface area contributed by atoms with E-state index in [1.165, 1.54) is 12.1 Å². The summed E-state index contributed by atoms with van der Waals surface area (Å²) in [6.45, 7) is 0.718. The number of rotatable bonds is 2. The topological polar surface area (TPSA) is 54.5 Å². The predicted octanol–water partition coefficient (Wildman–Crippen LogP) is 3.65. The van der Waals surface area contributed by atoms with Crippen molar-refractivity contribution in [2.75, 3.05) is 6.54 Å². The number of hydrogen-bond acceptors (Lipinski definition) is 3. The monoisotopic (exact) mass is 411 g/mol. The van der Waals surface area contributed by atoms with Gasteiger partial charge in [-0.25, -0.2) is 8.42 Å². The second kappa shape index (κ2) is 5.41. The molecule has 0 aromatic heterocycles. The maximum Gasteiger partial charge on any atom is 0.261 e. The molecule has 1 aliphatic carbocycles. The second-order valence-electron chi connectivity index (χ2n) is 5.49. The normalized spacial score (nSPS) is 24.6. The third-order valence-electron chi connectivity index (χ3n) is 4.18. The van der Waals surface area contributed by atoms with Gasteiger partial charge in [-0.2, -0.15) is 0 Å². The number of carbonyl (C=O) groups excluding carboxylic acids is 1. The summed E-state index contributed by atoms with van der Waals surface area (Å²) in [4.78, 5) is 14.3.